The van der Waals surface area contributed by atoms with Gasteiger partial charge >= 0.3 is 75.9 Å². The molecule has 0 aromatic carbocycles. The van der Waals surface area contributed by atoms with E-state index in [-0.39, 0.29) is 18.5 Å². The van der Waals surface area contributed by atoms with Crippen LogP contribution in [0.3, 0.4) is 0 Å². The van der Waals surface area contributed by atoms with Crippen molar-refractivity contribution in [3.63, 3.8) is 0 Å². The van der Waals surface area contributed by atoms with Crippen molar-refractivity contribution in [3.8, 4) is 0 Å². The fraction of sp³-hybridized carbons (Fsp3) is 0.955. The van der Waals surface area contributed by atoms with Crippen LogP contribution >= 0.6 is 0 Å². The Morgan fingerprint density at radius 2 is 0.860 bits per heavy atom. The van der Waals surface area contributed by atoms with Gasteiger partial charge in [-0.25, -0.2) is 0 Å². The lowest BCUT2D eigenvalue weighted by atomic mass is 10.2. The molecule has 6 fully saturated rings. The zero-order chi connectivity index (χ0) is 31.4. The summed E-state index contributed by atoms with van der Waals surface area (Å²) in [4.78, 5) is 12.3. The van der Waals surface area contributed by atoms with Gasteiger partial charge in [0.2, 0.25) is 0 Å². The number of esters is 1. The number of ether oxygens (including phenoxy) is 1. The molecule has 6 heterocycles. The van der Waals surface area contributed by atoms with Crippen molar-refractivity contribution in [2.45, 2.75) is 123 Å². The first kappa shape index (κ1) is 35.1. The van der Waals surface area contributed by atoms with Gasteiger partial charge in [0.05, 0.1) is 12.5 Å². The Bertz CT molecular complexity index is 934. The highest BCUT2D eigenvalue weighted by molar-refractivity contribution is 7.06. The average Bonchev–Trinajstić information content (AvgIpc) is 2.94. The number of carbonyl (C=O) groups is 1. The molecule has 0 radical (unpaired) electrons. The van der Waals surface area contributed by atoms with Crippen molar-refractivity contribution < 1.29 is 54.8 Å². The van der Waals surface area contributed by atoms with E-state index >= 15 is 0 Å². The van der Waals surface area contributed by atoms with Gasteiger partial charge in [0.15, 0.2) is 0 Å². The number of hydrogen-bond donors (Lipinski definition) is 0. The second-order valence-electron chi connectivity index (χ2n) is 12.1. The molecule has 8 bridgehead atoms. The highest BCUT2D eigenvalue weighted by atomic mass is 28.6. The fourth-order valence-corrected chi connectivity index (χ4v) is 61.1. The maximum absolute atomic E-state index is 12.3. The van der Waals surface area contributed by atoms with Gasteiger partial charge in [0.1, 0.15) is 0 Å². The van der Waals surface area contributed by atoms with Crippen molar-refractivity contribution in [2.24, 2.45) is 5.92 Å². The van der Waals surface area contributed by atoms with E-state index in [0.717, 1.165) is 0 Å². The lowest BCUT2D eigenvalue weighted by Crippen LogP contribution is -2.87. The van der Waals surface area contributed by atoms with Gasteiger partial charge in [-0.2, -0.15) is 0 Å². The molecule has 0 saturated carbocycles. The van der Waals surface area contributed by atoms with Crippen molar-refractivity contribution in [1.29, 1.82) is 0 Å². The molecular weight excluding hydrogens is 697 g/mol. The fourth-order valence-electron chi connectivity index (χ4n) is 6.17. The first-order valence-corrected chi connectivity index (χ1v) is 32.2. The Morgan fingerprint density at radius 3 is 1.16 bits per heavy atom. The summed E-state index contributed by atoms with van der Waals surface area (Å²) in [6.45, 7) is 18.1. The Hall–Kier alpha value is 0.765. The SMILES string of the molecule is CC[Si]12C[Si]3(CC)O[Si]4(CC)O[Si](CC)(O1)O[Si]1(CC)O[Si](CC)(O2)O[Si](CC)(O3)O[Si](CCCOC(=O)C(C)C)(O4)O1. The molecule has 6 saturated heterocycles. The number of rotatable bonds is 12. The van der Waals surface area contributed by atoms with E-state index < -0.39 is 69.9 Å². The van der Waals surface area contributed by atoms with E-state index in [1.165, 1.54) is 0 Å². The number of carbonyl (C=O) groups excluding carboxylic acids is 1. The molecule has 0 aliphatic carbocycles. The molecule has 0 N–H and O–H groups in total. The zero-order valence-electron chi connectivity index (χ0n) is 27.2. The van der Waals surface area contributed by atoms with Gasteiger partial charge in [-0.05, 0) is 18.5 Å². The van der Waals surface area contributed by atoms with Gasteiger partial charge in [0, 0.05) is 41.9 Å². The molecule has 4 unspecified atom stereocenters. The maximum Gasteiger partial charge on any atom is 0.479 e. The van der Waals surface area contributed by atoms with Crippen molar-refractivity contribution in [3.05, 3.63) is 0 Å². The van der Waals surface area contributed by atoms with Crippen LogP contribution in [0.15, 0.2) is 0 Å². The summed E-state index contributed by atoms with van der Waals surface area (Å²) < 4.78 is 85.2. The molecule has 0 aromatic heterocycles. The predicted molar refractivity (Wildman–Crippen MR) is 171 cm³/mol. The van der Waals surface area contributed by atoms with E-state index in [1.807, 2.05) is 48.5 Å². The van der Waals surface area contributed by atoms with Gasteiger partial charge in [-0.15, -0.1) is 0 Å². The van der Waals surface area contributed by atoms with Crippen LogP contribution in [0.25, 0.3) is 0 Å². The van der Waals surface area contributed by atoms with Gasteiger partial charge in [0.25, 0.3) is 0 Å². The summed E-state index contributed by atoms with van der Waals surface area (Å²) in [6.07, 6.45) is 0.448. The minimum absolute atomic E-state index is 0.195. The highest BCUT2D eigenvalue weighted by Gasteiger charge is 2.80. The maximum atomic E-state index is 12.3. The molecule has 6 rings (SSSR count). The second-order valence-corrected chi connectivity index (χ2v) is 39.8. The third-order valence-electron chi connectivity index (χ3n) is 8.67. The molecule has 43 heavy (non-hydrogen) atoms. The quantitative estimate of drug-likeness (QED) is 0.151. The topological polar surface area (TPSA) is 128 Å². The molecule has 6 aliphatic heterocycles. The molecule has 248 valence electrons. The van der Waals surface area contributed by atoms with E-state index in [0.29, 0.717) is 60.4 Å². The summed E-state index contributed by atoms with van der Waals surface area (Å²) in [5.74, 6) is -0.479. The van der Waals surface area contributed by atoms with Crippen molar-refractivity contribution in [2.75, 3.05) is 6.61 Å². The minimum atomic E-state index is -3.79. The summed E-state index contributed by atoms with van der Waals surface area (Å²) in [5, 5.41) is 0. The van der Waals surface area contributed by atoms with Crippen LogP contribution in [0, 0.1) is 5.92 Å². The summed E-state index contributed by atoms with van der Waals surface area (Å²) >= 11 is 0. The molecule has 6 aliphatic rings. The van der Waals surface area contributed by atoms with Crippen LogP contribution in [0.1, 0.15) is 68.7 Å². The Labute approximate surface area is 265 Å². The molecule has 0 spiro atoms. The van der Waals surface area contributed by atoms with E-state index in [1.54, 1.807) is 0 Å². The van der Waals surface area contributed by atoms with Crippen LogP contribution < -0.4 is 0 Å². The van der Waals surface area contributed by atoms with Crippen molar-refractivity contribution in [1.82, 2.24) is 0 Å². The molecule has 0 aromatic rings. The second kappa shape index (κ2) is 12.3. The summed E-state index contributed by atoms with van der Waals surface area (Å²) in [5.41, 5.74) is 0.549. The smallest absolute Gasteiger partial charge is 0.465 e. The Kier molecular flexibility index (Phi) is 10.1. The van der Waals surface area contributed by atoms with E-state index in [9.17, 15) is 4.79 Å². The Morgan fingerprint density at radius 1 is 0.535 bits per heavy atom. The van der Waals surface area contributed by atoms with Crippen molar-refractivity contribution >= 4 is 75.9 Å². The van der Waals surface area contributed by atoms with Gasteiger partial charge in [-0.3, -0.25) is 4.79 Å². The highest BCUT2D eigenvalue weighted by Crippen LogP contribution is 2.54. The number of hydrogen-bond acceptors (Lipinski definition) is 13. The lowest BCUT2D eigenvalue weighted by molar-refractivity contribution is -0.147. The molecular formula is C22H50O13Si8. The summed E-state index contributed by atoms with van der Waals surface area (Å²) in [6, 6.07) is 3.96. The first-order chi connectivity index (χ1) is 20.2. The molecule has 13 nitrogen and oxygen atoms in total. The van der Waals surface area contributed by atoms with Crippen LogP contribution in [0.5, 0.6) is 0 Å². The van der Waals surface area contributed by atoms with Gasteiger partial charge < -0.3 is 50.0 Å². The van der Waals surface area contributed by atoms with Crippen LogP contribution in [0.4, 0.5) is 0 Å². The molecule has 0 amide bonds. The standard InChI is InChI=1S/C22H50O13Si8/c1-10-36-20-37(11-2)27-40(14-5)29-38(12-3,25-36)31-42(16-7)32-39(13-4,26-36)30-41(15-6,28-37)34-43(33-40,35-42)19-17-18-24-22(23)21(8)9/h21H,10-20H2,1-9H3. The summed E-state index contributed by atoms with van der Waals surface area (Å²) in [7, 11) is -27.9. The minimum Gasteiger partial charge on any atom is -0.465 e. The molecule has 4 atom stereocenters. The largest absolute Gasteiger partial charge is 0.479 e. The van der Waals surface area contributed by atoms with Crippen LogP contribution in [-0.2, 0) is 54.8 Å². The molecule has 21 heteroatoms. The third-order valence-corrected chi connectivity index (χ3v) is 48.8. The monoisotopic (exact) mass is 746 g/mol. The zero-order valence-corrected chi connectivity index (χ0v) is 35.2. The van der Waals surface area contributed by atoms with Gasteiger partial charge in [-0.1, -0.05) is 62.3 Å². The van der Waals surface area contributed by atoms with E-state index in [2.05, 4.69) is 13.8 Å². The van der Waals surface area contributed by atoms with E-state index in [4.69, 9.17) is 50.0 Å². The Balaban J connectivity index is 1.72. The van der Waals surface area contributed by atoms with Crippen LogP contribution in [-0.4, -0.2) is 82.5 Å². The van der Waals surface area contributed by atoms with Crippen LogP contribution in [0.2, 0.25) is 54.0 Å². The first-order valence-electron chi connectivity index (χ1n) is 16.1. The third kappa shape index (κ3) is 6.35. The lowest BCUT2D eigenvalue weighted by Gasteiger charge is -2.63. The average molecular weight is 747 g/mol. The predicted octanol–water partition coefficient (Wildman–Crippen LogP) is 5.02. The normalized spacial score (nSPS) is 47.1.